The average Bonchev–Trinajstić information content (AvgIpc) is 3.84. The standard InChI is InChI=1S/C63H38/c1-2-19-39(20-3-1)40-21-18-22-41(37-40)58-49-30-9-11-32-51(49)59(52-33-12-10-31-50(52)58)54-38-57-60(47-28-7-5-25-44(47)54)61-48-29-8-4-23-42(48)43-24-6-13-34-53(43)62(61)63(57)55-35-16-14-26-45(55)46-27-15-17-36-56(46)63/h1-38H. The Hall–Kier alpha value is -8.06. The van der Waals surface area contributed by atoms with Gasteiger partial charge >= 0.3 is 0 Å². The van der Waals surface area contributed by atoms with Crippen LogP contribution in [-0.4, -0.2) is 0 Å². The lowest BCUT2D eigenvalue weighted by Gasteiger charge is -2.32. The highest BCUT2D eigenvalue weighted by molar-refractivity contribution is 6.27. The summed E-state index contributed by atoms with van der Waals surface area (Å²) in [5, 5.41) is 12.8. The maximum atomic E-state index is 2.63. The molecule has 0 saturated carbocycles. The number of hydrogen-bond donors (Lipinski definition) is 0. The molecule has 14 rings (SSSR count). The molecule has 0 saturated heterocycles. The van der Waals surface area contributed by atoms with Crippen LogP contribution < -0.4 is 0 Å². The van der Waals surface area contributed by atoms with E-state index in [1.807, 2.05) is 0 Å². The summed E-state index contributed by atoms with van der Waals surface area (Å²) in [5.74, 6) is 0. The first-order valence-corrected chi connectivity index (χ1v) is 22.1. The molecule has 0 N–H and O–H groups in total. The smallest absolute Gasteiger partial charge is 0.0622 e. The van der Waals surface area contributed by atoms with Crippen molar-refractivity contribution in [2.45, 2.75) is 5.41 Å². The molecule has 0 nitrogen and oxygen atoms in total. The molecule has 0 heteroatoms. The fraction of sp³-hybridized carbons (Fsp3) is 0.0159. The van der Waals surface area contributed by atoms with Crippen molar-refractivity contribution in [1.82, 2.24) is 0 Å². The Morgan fingerprint density at radius 1 is 0.206 bits per heavy atom. The van der Waals surface area contributed by atoms with Crippen LogP contribution >= 0.6 is 0 Å². The van der Waals surface area contributed by atoms with Gasteiger partial charge in [0.15, 0.2) is 0 Å². The largest absolute Gasteiger partial charge is 0.0732 e. The molecule has 2 aliphatic carbocycles. The van der Waals surface area contributed by atoms with Crippen LogP contribution in [0.2, 0.25) is 0 Å². The van der Waals surface area contributed by atoms with Crippen LogP contribution in [0.5, 0.6) is 0 Å². The molecule has 290 valence electrons. The highest BCUT2D eigenvalue weighted by Gasteiger charge is 2.53. The van der Waals surface area contributed by atoms with E-state index in [4.69, 9.17) is 0 Å². The Labute approximate surface area is 366 Å². The van der Waals surface area contributed by atoms with Crippen molar-refractivity contribution >= 4 is 53.9 Å². The van der Waals surface area contributed by atoms with Gasteiger partial charge in [-0.05, 0) is 144 Å². The van der Waals surface area contributed by atoms with Crippen LogP contribution in [0.3, 0.4) is 0 Å². The van der Waals surface area contributed by atoms with Gasteiger partial charge in [0, 0.05) is 0 Å². The molecule has 0 radical (unpaired) electrons. The predicted molar refractivity (Wildman–Crippen MR) is 267 cm³/mol. The van der Waals surface area contributed by atoms with Crippen LogP contribution in [0.15, 0.2) is 231 Å². The summed E-state index contributed by atoms with van der Waals surface area (Å²) in [7, 11) is 0. The van der Waals surface area contributed by atoms with Crippen LogP contribution in [0.25, 0.3) is 109 Å². The summed E-state index contributed by atoms with van der Waals surface area (Å²) in [6.45, 7) is 0. The topological polar surface area (TPSA) is 0 Å². The fourth-order valence-electron chi connectivity index (χ4n) is 12.1. The molecule has 0 amide bonds. The Morgan fingerprint density at radius 2 is 0.619 bits per heavy atom. The summed E-state index contributed by atoms with van der Waals surface area (Å²) < 4.78 is 0. The minimum atomic E-state index is -0.552. The second-order valence-corrected chi connectivity index (χ2v) is 17.4. The zero-order valence-corrected chi connectivity index (χ0v) is 34.4. The van der Waals surface area contributed by atoms with Crippen LogP contribution in [0.4, 0.5) is 0 Å². The molecule has 12 aromatic rings. The number of rotatable bonds is 3. The van der Waals surface area contributed by atoms with Gasteiger partial charge in [-0.1, -0.05) is 218 Å². The van der Waals surface area contributed by atoms with Crippen molar-refractivity contribution in [3.05, 3.63) is 253 Å². The lowest BCUT2D eigenvalue weighted by atomic mass is 9.68. The SMILES string of the molecule is c1ccc(-c2cccc(-c3c4ccccc4c(-c4cc5c(c6ccccc46)-c4c(c6ccccc6c6ccccc46)C54c5ccccc5-c5ccccc54)c4ccccc34)c2)cc1. The monoisotopic (exact) mass is 794 g/mol. The molecular weight excluding hydrogens is 757 g/mol. The Balaban J connectivity index is 1.17. The summed E-state index contributed by atoms with van der Waals surface area (Å²) >= 11 is 0. The molecule has 12 aromatic carbocycles. The zero-order chi connectivity index (χ0) is 41.2. The van der Waals surface area contributed by atoms with E-state index < -0.39 is 5.41 Å². The third kappa shape index (κ3) is 4.54. The van der Waals surface area contributed by atoms with E-state index in [9.17, 15) is 0 Å². The molecule has 0 aliphatic heterocycles. The lowest BCUT2D eigenvalue weighted by molar-refractivity contribution is 0.803. The van der Waals surface area contributed by atoms with Gasteiger partial charge in [-0.2, -0.15) is 0 Å². The van der Waals surface area contributed by atoms with Crippen molar-refractivity contribution in [3.8, 4) is 55.6 Å². The molecule has 0 fully saturated rings. The Bertz CT molecular complexity index is 3800. The number of benzene rings is 12. The van der Waals surface area contributed by atoms with Crippen LogP contribution in [0, 0.1) is 0 Å². The average molecular weight is 795 g/mol. The van der Waals surface area contributed by atoms with Gasteiger partial charge in [0.25, 0.3) is 0 Å². The number of fused-ring (bicyclic) bond motifs is 19. The van der Waals surface area contributed by atoms with E-state index in [2.05, 4.69) is 231 Å². The molecule has 0 aromatic heterocycles. The van der Waals surface area contributed by atoms with Crippen molar-refractivity contribution in [2.24, 2.45) is 0 Å². The molecule has 0 atom stereocenters. The highest BCUT2D eigenvalue weighted by atomic mass is 14.5. The van der Waals surface area contributed by atoms with Crippen molar-refractivity contribution in [2.75, 3.05) is 0 Å². The first-order valence-electron chi connectivity index (χ1n) is 22.1. The third-order valence-corrected chi connectivity index (χ3v) is 14.4. The fourth-order valence-corrected chi connectivity index (χ4v) is 12.1. The minimum absolute atomic E-state index is 0.552. The van der Waals surface area contributed by atoms with E-state index in [0.717, 1.165) is 0 Å². The maximum absolute atomic E-state index is 2.63. The van der Waals surface area contributed by atoms with Gasteiger partial charge < -0.3 is 0 Å². The van der Waals surface area contributed by atoms with Gasteiger partial charge in [0.2, 0.25) is 0 Å². The van der Waals surface area contributed by atoms with Crippen molar-refractivity contribution in [1.29, 1.82) is 0 Å². The van der Waals surface area contributed by atoms with E-state index in [-0.39, 0.29) is 0 Å². The molecule has 0 heterocycles. The van der Waals surface area contributed by atoms with Gasteiger partial charge in [-0.3, -0.25) is 0 Å². The normalized spacial score (nSPS) is 13.2. The molecule has 0 bridgehead atoms. The van der Waals surface area contributed by atoms with E-state index in [0.29, 0.717) is 0 Å². The molecule has 1 spiro atoms. The first-order chi connectivity index (χ1) is 31.3. The predicted octanol–water partition coefficient (Wildman–Crippen LogP) is 16.8. The third-order valence-electron chi connectivity index (χ3n) is 14.4. The number of hydrogen-bond acceptors (Lipinski definition) is 0. The molecule has 63 heavy (non-hydrogen) atoms. The van der Waals surface area contributed by atoms with Crippen molar-refractivity contribution in [3.63, 3.8) is 0 Å². The second kappa shape index (κ2) is 13.0. The summed E-state index contributed by atoms with van der Waals surface area (Å²) in [6.07, 6.45) is 0. The first kappa shape index (κ1) is 34.6. The van der Waals surface area contributed by atoms with E-state index in [1.54, 1.807) is 0 Å². The summed E-state index contributed by atoms with van der Waals surface area (Å²) in [6, 6.07) is 86.7. The van der Waals surface area contributed by atoms with Gasteiger partial charge in [-0.25, -0.2) is 0 Å². The van der Waals surface area contributed by atoms with Crippen molar-refractivity contribution < 1.29 is 0 Å². The van der Waals surface area contributed by atoms with Gasteiger partial charge in [-0.15, -0.1) is 0 Å². The van der Waals surface area contributed by atoms with Crippen LogP contribution in [-0.2, 0) is 5.41 Å². The van der Waals surface area contributed by atoms with Crippen LogP contribution in [0.1, 0.15) is 22.3 Å². The van der Waals surface area contributed by atoms with Gasteiger partial charge in [0.1, 0.15) is 0 Å². The molecule has 0 unspecified atom stereocenters. The second-order valence-electron chi connectivity index (χ2n) is 17.4. The molecular formula is C63H38. The zero-order valence-electron chi connectivity index (χ0n) is 34.4. The van der Waals surface area contributed by atoms with Gasteiger partial charge in [0.05, 0.1) is 5.41 Å². The van der Waals surface area contributed by atoms with E-state index in [1.165, 1.54) is 132 Å². The Morgan fingerprint density at radius 3 is 1.22 bits per heavy atom. The quantitative estimate of drug-likeness (QED) is 0.123. The minimum Gasteiger partial charge on any atom is -0.0622 e. The maximum Gasteiger partial charge on any atom is 0.0732 e. The highest BCUT2D eigenvalue weighted by Crippen LogP contribution is 2.67. The molecule has 2 aliphatic rings. The summed E-state index contributed by atoms with van der Waals surface area (Å²) in [4.78, 5) is 0. The Kier molecular flexibility index (Phi) is 7.13. The lowest BCUT2D eigenvalue weighted by Crippen LogP contribution is -2.26. The summed E-state index contributed by atoms with van der Waals surface area (Å²) in [5.41, 5.74) is 17.7. The van der Waals surface area contributed by atoms with E-state index >= 15 is 0 Å².